The molecule has 0 fully saturated rings. The number of para-hydroxylation sites is 3. The summed E-state index contributed by atoms with van der Waals surface area (Å²) in [5.74, 6) is -0.238. The van der Waals surface area contributed by atoms with Crippen LogP contribution in [0.3, 0.4) is 0 Å². The molecule has 0 amide bonds. The Hall–Kier alpha value is -5.15. The van der Waals surface area contributed by atoms with Gasteiger partial charge in [-0.2, -0.15) is 0 Å². The van der Waals surface area contributed by atoms with Crippen LogP contribution in [0.4, 0.5) is 4.39 Å². The molecule has 184 valence electrons. The van der Waals surface area contributed by atoms with Crippen LogP contribution in [-0.4, -0.2) is 9.13 Å². The van der Waals surface area contributed by atoms with Gasteiger partial charge >= 0.3 is 0 Å². The molecule has 39 heavy (non-hydrogen) atoms. The van der Waals surface area contributed by atoms with Crippen LogP contribution in [-0.2, 0) is 0 Å². The molecule has 0 unspecified atom stereocenters. The maximum Gasteiger partial charge on any atom is 0.125 e. The zero-order valence-electron chi connectivity index (χ0n) is 21.1. The van der Waals surface area contributed by atoms with Gasteiger partial charge in [0.05, 0.1) is 22.1 Å². The second-order valence-electron chi connectivity index (χ2n) is 9.98. The molecule has 8 aromatic rings. The van der Waals surface area contributed by atoms with Gasteiger partial charge in [-0.15, -0.1) is 0 Å². The lowest BCUT2D eigenvalue weighted by atomic mass is 10.0. The quantitative estimate of drug-likeness (QED) is 0.228. The summed E-state index contributed by atoms with van der Waals surface area (Å²) in [7, 11) is 0. The van der Waals surface area contributed by atoms with E-state index in [0.717, 1.165) is 38.7 Å². The predicted octanol–water partition coefficient (Wildman–Crippen LogP) is 9.69. The summed E-state index contributed by atoms with van der Waals surface area (Å²) in [4.78, 5) is 0. The molecule has 0 aliphatic carbocycles. The highest BCUT2D eigenvalue weighted by Crippen LogP contribution is 2.38. The smallest absolute Gasteiger partial charge is 0.125 e. The third kappa shape index (κ3) is 3.33. The van der Waals surface area contributed by atoms with E-state index in [0.29, 0.717) is 0 Å². The molecule has 0 aliphatic heterocycles. The summed E-state index contributed by atoms with van der Waals surface area (Å²) in [6, 6.07) is 47.6. The van der Waals surface area contributed by atoms with Crippen LogP contribution in [0.25, 0.3) is 66.1 Å². The standard InChI is InChI=1S/C36H23FN2/c37-26-9-8-12-28(23-26)39-34-16-7-5-14-30(34)32-22-25(18-20-36(32)39)24-17-19-35-31(21-24)29-13-4-6-15-33(29)38(35)27-10-2-1-3-11-27/h1-23H. The lowest BCUT2D eigenvalue weighted by molar-refractivity contribution is 0.627. The Morgan fingerprint density at radius 1 is 0.359 bits per heavy atom. The van der Waals surface area contributed by atoms with Gasteiger partial charge in [0.1, 0.15) is 5.82 Å². The molecule has 8 rings (SSSR count). The summed E-state index contributed by atoms with van der Waals surface area (Å²) >= 11 is 0. The van der Waals surface area contributed by atoms with Gasteiger partial charge in [-0.3, -0.25) is 0 Å². The third-order valence-electron chi connectivity index (χ3n) is 7.76. The van der Waals surface area contributed by atoms with Crippen LogP contribution in [0.2, 0.25) is 0 Å². The molecule has 0 N–H and O–H groups in total. The Bertz CT molecular complexity index is 2180. The van der Waals surface area contributed by atoms with Crippen LogP contribution < -0.4 is 0 Å². The highest BCUT2D eigenvalue weighted by atomic mass is 19.1. The van der Waals surface area contributed by atoms with E-state index >= 15 is 0 Å². The van der Waals surface area contributed by atoms with Crippen molar-refractivity contribution < 1.29 is 4.39 Å². The first kappa shape index (κ1) is 21.9. The summed E-state index contributed by atoms with van der Waals surface area (Å²) in [5.41, 5.74) is 8.82. The molecular weight excluding hydrogens is 479 g/mol. The van der Waals surface area contributed by atoms with E-state index in [-0.39, 0.29) is 5.82 Å². The highest BCUT2D eigenvalue weighted by Gasteiger charge is 2.16. The van der Waals surface area contributed by atoms with Crippen LogP contribution in [0, 0.1) is 5.82 Å². The minimum Gasteiger partial charge on any atom is -0.309 e. The van der Waals surface area contributed by atoms with E-state index in [1.807, 2.05) is 12.1 Å². The first-order valence-corrected chi connectivity index (χ1v) is 13.1. The van der Waals surface area contributed by atoms with Gasteiger partial charge in [0.25, 0.3) is 0 Å². The zero-order valence-corrected chi connectivity index (χ0v) is 21.1. The van der Waals surface area contributed by atoms with Gasteiger partial charge in [0, 0.05) is 32.9 Å². The van der Waals surface area contributed by atoms with Crippen LogP contribution in [0.1, 0.15) is 0 Å². The SMILES string of the molecule is Fc1cccc(-n2c3ccccc3c3cc(-c4ccc5c(c4)c4ccccc4n5-c4ccccc4)ccc32)c1. The maximum atomic E-state index is 14.2. The Balaban J connectivity index is 1.36. The molecule has 0 saturated carbocycles. The van der Waals surface area contributed by atoms with E-state index in [9.17, 15) is 4.39 Å². The Morgan fingerprint density at radius 3 is 1.44 bits per heavy atom. The number of hydrogen-bond donors (Lipinski definition) is 0. The number of rotatable bonds is 3. The van der Waals surface area contributed by atoms with Gasteiger partial charge < -0.3 is 9.13 Å². The molecule has 3 heteroatoms. The van der Waals surface area contributed by atoms with Crippen molar-refractivity contribution in [3.05, 3.63) is 145 Å². The number of fused-ring (bicyclic) bond motifs is 6. The van der Waals surface area contributed by atoms with E-state index in [2.05, 4.69) is 118 Å². The third-order valence-corrected chi connectivity index (χ3v) is 7.76. The Kier molecular flexibility index (Phi) is 4.74. The van der Waals surface area contributed by atoms with Crippen LogP contribution >= 0.6 is 0 Å². The van der Waals surface area contributed by atoms with Gasteiger partial charge in [0.2, 0.25) is 0 Å². The molecule has 0 atom stereocenters. The van der Waals surface area contributed by atoms with Crippen molar-refractivity contribution in [1.29, 1.82) is 0 Å². The summed E-state index contributed by atoms with van der Waals surface area (Å²) < 4.78 is 18.7. The van der Waals surface area contributed by atoms with Crippen molar-refractivity contribution in [1.82, 2.24) is 9.13 Å². The van der Waals surface area contributed by atoms with Crippen molar-refractivity contribution in [3.63, 3.8) is 0 Å². The Morgan fingerprint density at radius 2 is 0.846 bits per heavy atom. The fourth-order valence-corrected chi connectivity index (χ4v) is 6.05. The fourth-order valence-electron chi connectivity index (χ4n) is 6.05. The van der Waals surface area contributed by atoms with Crippen molar-refractivity contribution >= 4 is 43.6 Å². The molecule has 2 aromatic heterocycles. The number of halogens is 1. The summed E-state index contributed by atoms with van der Waals surface area (Å²) in [6.07, 6.45) is 0. The first-order chi connectivity index (χ1) is 19.3. The molecular formula is C36H23FN2. The fraction of sp³-hybridized carbons (Fsp3) is 0. The second kappa shape index (κ2) is 8.44. The Labute approximate surface area is 224 Å². The van der Waals surface area contributed by atoms with Crippen LogP contribution in [0.15, 0.2) is 140 Å². The normalized spacial score (nSPS) is 11.7. The monoisotopic (exact) mass is 502 g/mol. The van der Waals surface area contributed by atoms with Crippen molar-refractivity contribution in [2.75, 3.05) is 0 Å². The topological polar surface area (TPSA) is 9.86 Å². The van der Waals surface area contributed by atoms with Crippen molar-refractivity contribution in [2.24, 2.45) is 0 Å². The maximum absolute atomic E-state index is 14.2. The van der Waals surface area contributed by atoms with E-state index in [1.54, 1.807) is 12.1 Å². The molecule has 0 bridgehead atoms. The number of nitrogens with zero attached hydrogens (tertiary/aromatic N) is 2. The molecule has 0 spiro atoms. The highest BCUT2D eigenvalue weighted by molar-refractivity contribution is 6.12. The largest absolute Gasteiger partial charge is 0.309 e. The average Bonchev–Trinajstić information content (AvgIpc) is 3.50. The predicted molar refractivity (Wildman–Crippen MR) is 161 cm³/mol. The lowest BCUT2D eigenvalue weighted by Crippen LogP contribution is -1.94. The average molecular weight is 503 g/mol. The molecule has 2 heterocycles. The number of benzene rings is 6. The van der Waals surface area contributed by atoms with Crippen molar-refractivity contribution in [2.45, 2.75) is 0 Å². The number of hydrogen-bond acceptors (Lipinski definition) is 0. The van der Waals surface area contributed by atoms with Crippen LogP contribution in [0.5, 0.6) is 0 Å². The van der Waals surface area contributed by atoms with E-state index in [1.165, 1.54) is 33.4 Å². The van der Waals surface area contributed by atoms with Gasteiger partial charge in [0.15, 0.2) is 0 Å². The second-order valence-corrected chi connectivity index (χ2v) is 9.98. The molecule has 0 saturated heterocycles. The van der Waals surface area contributed by atoms with Crippen molar-refractivity contribution in [3.8, 4) is 22.5 Å². The summed E-state index contributed by atoms with van der Waals surface area (Å²) in [5, 5.41) is 4.77. The van der Waals surface area contributed by atoms with E-state index in [4.69, 9.17) is 0 Å². The lowest BCUT2D eigenvalue weighted by Gasteiger charge is -2.09. The first-order valence-electron chi connectivity index (χ1n) is 13.1. The molecule has 6 aromatic carbocycles. The molecule has 2 nitrogen and oxygen atoms in total. The zero-order chi connectivity index (χ0) is 25.9. The molecule has 0 aliphatic rings. The van der Waals surface area contributed by atoms with Gasteiger partial charge in [-0.05, 0) is 77.9 Å². The minimum absolute atomic E-state index is 0.238. The summed E-state index contributed by atoms with van der Waals surface area (Å²) in [6.45, 7) is 0. The van der Waals surface area contributed by atoms with Gasteiger partial charge in [-0.1, -0.05) is 72.8 Å². The minimum atomic E-state index is -0.238. The number of aromatic nitrogens is 2. The van der Waals surface area contributed by atoms with E-state index < -0.39 is 0 Å². The van der Waals surface area contributed by atoms with Gasteiger partial charge in [-0.25, -0.2) is 4.39 Å². The molecule has 0 radical (unpaired) electrons.